The van der Waals surface area contributed by atoms with Crippen molar-refractivity contribution < 1.29 is 4.74 Å². The molecular formula is C22H33NOSe. The van der Waals surface area contributed by atoms with Crippen LogP contribution in [-0.2, 0) is 4.74 Å². The molecule has 2 aliphatic rings. The molecule has 0 amide bonds. The Morgan fingerprint density at radius 2 is 2.00 bits per heavy atom. The fourth-order valence-electron chi connectivity index (χ4n) is 4.53. The van der Waals surface area contributed by atoms with Crippen molar-refractivity contribution in [3.8, 4) is 0 Å². The summed E-state index contributed by atoms with van der Waals surface area (Å²) in [5.74, 6) is 1.47. The maximum absolute atomic E-state index is 6.74. The van der Waals surface area contributed by atoms with Gasteiger partial charge in [0.05, 0.1) is 0 Å². The molecular weight excluding hydrogens is 373 g/mol. The second-order valence-electron chi connectivity index (χ2n) is 8.15. The Balaban J connectivity index is 1.77. The number of ether oxygens (including phenoxy) is 1. The van der Waals surface area contributed by atoms with Gasteiger partial charge in [0.2, 0.25) is 0 Å². The molecule has 25 heavy (non-hydrogen) atoms. The van der Waals surface area contributed by atoms with Crippen LogP contribution in [0.1, 0.15) is 47.0 Å². The molecule has 1 aromatic carbocycles. The summed E-state index contributed by atoms with van der Waals surface area (Å²) in [6, 6.07) is 10.9. The van der Waals surface area contributed by atoms with E-state index >= 15 is 0 Å². The molecule has 0 bridgehead atoms. The number of hydrogen-bond acceptors (Lipinski definition) is 2. The Morgan fingerprint density at radius 3 is 2.72 bits per heavy atom. The predicted molar refractivity (Wildman–Crippen MR) is 107 cm³/mol. The van der Waals surface area contributed by atoms with Crippen LogP contribution in [0.5, 0.6) is 0 Å². The molecule has 1 aliphatic carbocycles. The summed E-state index contributed by atoms with van der Waals surface area (Å²) in [6.45, 7) is 10.4. The van der Waals surface area contributed by atoms with Gasteiger partial charge in [0.1, 0.15) is 0 Å². The number of hydrogen-bond donors (Lipinski definition) is 0. The molecule has 0 aromatic heterocycles. The van der Waals surface area contributed by atoms with Crippen molar-refractivity contribution >= 4 is 19.4 Å². The van der Waals surface area contributed by atoms with Crippen molar-refractivity contribution in [3.63, 3.8) is 0 Å². The van der Waals surface area contributed by atoms with Crippen LogP contribution in [-0.4, -0.2) is 44.3 Å². The molecule has 3 rings (SSSR count). The molecule has 1 aliphatic heterocycles. The zero-order chi connectivity index (χ0) is 17.9. The van der Waals surface area contributed by atoms with E-state index in [4.69, 9.17) is 4.74 Å². The predicted octanol–water partition coefficient (Wildman–Crippen LogP) is 4.25. The van der Waals surface area contributed by atoms with E-state index in [0.717, 1.165) is 17.8 Å². The molecule has 0 radical (unpaired) electrons. The van der Waals surface area contributed by atoms with Crippen LogP contribution < -0.4 is 4.46 Å². The molecule has 1 aromatic rings. The second-order valence-corrected chi connectivity index (χ2v) is 10.4. The van der Waals surface area contributed by atoms with Gasteiger partial charge in [-0.05, 0) is 0 Å². The van der Waals surface area contributed by atoms with Crippen LogP contribution in [0.3, 0.4) is 0 Å². The number of benzene rings is 1. The van der Waals surface area contributed by atoms with Gasteiger partial charge in [0, 0.05) is 0 Å². The Bertz CT molecular complexity index is 571. The van der Waals surface area contributed by atoms with Crippen molar-refractivity contribution in [1.29, 1.82) is 0 Å². The van der Waals surface area contributed by atoms with E-state index in [9.17, 15) is 0 Å². The zero-order valence-electron chi connectivity index (χ0n) is 16.2. The summed E-state index contributed by atoms with van der Waals surface area (Å²) in [4.78, 5) is 2.63. The van der Waals surface area contributed by atoms with Gasteiger partial charge in [-0.15, -0.1) is 0 Å². The number of allylic oxidation sites excluding steroid dienone is 1. The fourth-order valence-corrected chi connectivity index (χ4v) is 6.51. The Morgan fingerprint density at radius 1 is 1.24 bits per heavy atom. The van der Waals surface area contributed by atoms with E-state index in [-0.39, 0.29) is 11.8 Å². The van der Waals surface area contributed by atoms with Crippen molar-refractivity contribution in [2.75, 3.05) is 6.54 Å². The van der Waals surface area contributed by atoms with Crippen molar-refractivity contribution in [3.05, 3.63) is 42.5 Å². The van der Waals surface area contributed by atoms with Gasteiger partial charge in [-0.3, -0.25) is 0 Å². The molecule has 0 N–H and O–H groups in total. The summed E-state index contributed by atoms with van der Waals surface area (Å²) in [5.41, 5.74) is 0.208. The number of rotatable bonds is 5. The van der Waals surface area contributed by atoms with Crippen LogP contribution in [0.4, 0.5) is 0 Å². The normalized spacial score (nSPS) is 32.6. The van der Waals surface area contributed by atoms with E-state index in [0.29, 0.717) is 27.0 Å². The van der Waals surface area contributed by atoms with E-state index in [1.54, 1.807) is 0 Å². The van der Waals surface area contributed by atoms with Crippen LogP contribution in [0.2, 0.25) is 5.32 Å². The van der Waals surface area contributed by atoms with Crippen molar-refractivity contribution in [2.45, 2.75) is 70.1 Å². The average molecular weight is 406 g/mol. The van der Waals surface area contributed by atoms with Crippen molar-refractivity contribution in [1.82, 2.24) is 4.90 Å². The first kappa shape index (κ1) is 19.2. The first-order valence-electron chi connectivity index (χ1n) is 9.73. The van der Waals surface area contributed by atoms with Gasteiger partial charge in [-0.2, -0.15) is 0 Å². The molecule has 4 atom stereocenters. The van der Waals surface area contributed by atoms with Crippen molar-refractivity contribution in [2.24, 2.45) is 11.8 Å². The SMILES string of the molecule is C/C=C/CN1[C@H](C[Se]c2ccccc2)O[C@@H]2C[C@H](C)CC[C@H]2C1(C)C. The summed E-state index contributed by atoms with van der Waals surface area (Å²) in [7, 11) is 0. The first-order chi connectivity index (χ1) is 12.0. The van der Waals surface area contributed by atoms with Crippen LogP contribution >= 0.6 is 0 Å². The minimum atomic E-state index is 0.208. The Kier molecular flexibility index (Phi) is 6.44. The van der Waals surface area contributed by atoms with Gasteiger partial charge >= 0.3 is 160 Å². The molecule has 1 saturated heterocycles. The topological polar surface area (TPSA) is 12.5 Å². The molecule has 3 heteroatoms. The van der Waals surface area contributed by atoms with E-state index < -0.39 is 0 Å². The third-order valence-electron chi connectivity index (χ3n) is 6.05. The van der Waals surface area contributed by atoms with Gasteiger partial charge in [-0.25, -0.2) is 0 Å². The maximum atomic E-state index is 6.74. The first-order valence-corrected chi connectivity index (χ1v) is 11.8. The van der Waals surface area contributed by atoms with E-state index in [2.05, 4.69) is 75.1 Å². The standard InChI is InChI=1S/C22H33NOSe/c1-5-6-14-23-21(16-25-18-10-8-7-9-11-18)24-20-15-17(2)12-13-19(20)22(23,3)4/h5-11,17,19-21H,12-16H2,1-4H3/b6-5+/t17-,19-,20-,21+/m1/s1. The summed E-state index contributed by atoms with van der Waals surface area (Å²) in [6.07, 6.45) is 9.05. The third-order valence-corrected chi connectivity index (χ3v) is 8.27. The number of fused-ring (bicyclic) bond motifs is 1. The van der Waals surface area contributed by atoms with E-state index in [1.807, 2.05) is 0 Å². The molecule has 0 unspecified atom stereocenters. The van der Waals surface area contributed by atoms with Crippen LogP contribution in [0, 0.1) is 11.8 Å². The molecule has 2 fully saturated rings. The second kappa shape index (κ2) is 8.39. The molecule has 0 spiro atoms. The fraction of sp³-hybridized carbons (Fsp3) is 0.636. The van der Waals surface area contributed by atoms with Gasteiger partial charge in [0.25, 0.3) is 0 Å². The van der Waals surface area contributed by atoms with Gasteiger partial charge in [-0.1, -0.05) is 0 Å². The third kappa shape index (κ3) is 4.39. The summed E-state index contributed by atoms with van der Waals surface area (Å²) in [5, 5.41) is 1.13. The number of nitrogens with zero attached hydrogens (tertiary/aromatic N) is 1. The van der Waals surface area contributed by atoms with Gasteiger partial charge in [0.15, 0.2) is 0 Å². The zero-order valence-corrected chi connectivity index (χ0v) is 17.9. The Hall–Kier alpha value is -0.601. The van der Waals surface area contributed by atoms with Gasteiger partial charge < -0.3 is 0 Å². The molecule has 2 nitrogen and oxygen atoms in total. The molecule has 1 heterocycles. The quantitative estimate of drug-likeness (QED) is 0.535. The van der Waals surface area contributed by atoms with Crippen LogP contribution in [0.15, 0.2) is 42.5 Å². The molecule has 138 valence electrons. The van der Waals surface area contributed by atoms with E-state index in [1.165, 1.54) is 23.7 Å². The monoisotopic (exact) mass is 407 g/mol. The minimum absolute atomic E-state index is 0.208. The molecule has 1 saturated carbocycles. The van der Waals surface area contributed by atoms with Crippen LogP contribution in [0.25, 0.3) is 0 Å². The summed E-state index contributed by atoms with van der Waals surface area (Å²) < 4.78 is 8.21. The summed E-state index contributed by atoms with van der Waals surface area (Å²) >= 11 is 0.462. The average Bonchev–Trinajstić information content (AvgIpc) is 2.59. The Labute approximate surface area is 160 Å².